The van der Waals surface area contributed by atoms with Gasteiger partial charge in [0.2, 0.25) is 5.79 Å². The Morgan fingerprint density at radius 2 is 1.87 bits per heavy atom. The highest BCUT2D eigenvalue weighted by Crippen LogP contribution is 2.82. The Kier molecular flexibility index (Phi) is 3.65. The number of aliphatic hydroxyl groups excluding tert-OH is 2. The molecule has 11 atom stereocenters. The molecule has 0 aromatic heterocycles. The summed E-state index contributed by atoms with van der Waals surface area (Å²) in [6.07, 6.45) is -0.833. The summed E-state index contributed by atoms with van der Waals surface area (Å²) < 4.78 is 19.2. The van der Waals surface area contributed by atoms with E-state index in [1.807, 2.05) is 20.8 Å². The summed E-state index contributed by atoms with van der Waals surface area (Å²) in [4.78, 5) is 13.9. The third kappa shape index (κ3) is 1.87. The molecule has 2 bridgehead atoms. The fourth-order valence-electron chi connectivity index (χ4n) is 9.20. The number of carbonyl (C=O) groups excluding carboxylic acids is 1. The normalized spacial score (nSPS) is 58.6. The Labute approximate surface area is 182 Å². The molecular formula is C24H34O7. The first kappa shape index (κ1) is 20.8. The summed E-state index contributed by atoms with van der Waals surface area (Å²) in [5.41, 5.74) is -1.69. The minimum Gasteiger partial charge on any atom is -0.390 e. The van der Waals surface area contributed by atoms with Crippen molar-refractivity contribution in [2.24, 2.45) is 40.4 Å². The van der Waals surface area contributed by atoms with Crippen LogP contribution in [0.3, 0.4) is 0 Å². The van der Waals surface area contributed by atoms with Gasteiger partial charge in [-0.25, -0.2) is 0 Å². The second-order valence-corrected chi connectivity index (χ2v) is 12.0. The highest BCUT2D eigenvalue weighted by atomic mass is 16.8. The van der Waals surface area contributed by atoms with Gasteiger partial charge in [0.15, 0.2) is 11.6 Å². The Morgan fingerprint density at radius 3 is 2.52 bits per heavy atom. The van der Waals surface area contributed by atoms with E-state index in [-0.39, 0.29) is 36.1 Å². The molecule has 2 spiro atoms. The average Bonchev–Trinajstić information content (AvgIpc) is 2.64. The van der Waals surface area contributed by atoms with Crippen molar-refractivity contribution < 1.29 is 34.3 Å². The Bertz CT molecular complexity index is 891. The molecular weight excluding hydrogens is 400 g/mol. The molecule has 0 radical (unpaired) electrons. The number of fused-ring (bicyclic) bond motifs is 1. The fraction of sp³-hybridized carbons (Fsp3) is 0.875. The lowest BCUT2D eigenvalue weighted by atomic mass is 9.25. The van der Waals surface area contributed by atoms with Crippen molar-refractivity contribution in [3.05, 3.63) is 12.2 Å². The van der Waals surface area contributed by atoms with Crippen molar-refractivity contribution >= 4 is 5.78 Å². The van der Waals surface area contributed by atoms with Gasteiger partial charge >= 0.3 is 0 Å². The van der Waals surface area contributed by atoms with Gasteiger partial charge in [-0.3, -0.25) is 4.79 Å². The lowest BCUT2D eigenvalue weighted by Crippen LogP contribution is -2.94. The summed E-state index contributed by atoms with van der Waals surface area (Å²) in [5, 5.41) is 33.7. The minimum atomic E-state index is -1.68. The van der Waals surface area contributed by atoms with Gasteiger partial charge in [-0.2, -0.15) is 0 Å². The molecule has 7 heteroatoms. The number of hydrogen-bond acceptors (Lipinski definition) is 7. The lowest BCUT2D eigenvalue weighted by molar-refractivity contribution is -0.519. The molecule has 4 saturated carbocycles. The molecule has 0 aromatic rings. The van der Waals surface area contributed by atoms with Crippen molar-refractivity contribution in [3.63, 3.8) is 0 Å². The second kappa shape index (κ2) is 5.45. The highest BCUT2D eigenvalue weighted by molar-refractivity contribution is 6.01. The van der Waals surface area contributed by atoms with Crippen LogP contribution < -0.4 is 0 Å². The van der Waals surface area contributed by atoms with Gasteiger partial charge in [0.05, 0.1) is 24.2 Å². The molecule has 3 aliphatic heterocycles. The lowest BCUT2D eigenvalue weighted by Gasteiger charge is -2.83. The van der Waals surface area contributed by atoms with Crippen LogP contribution in [0, 0.1) is 40.4 Å². The number of ether oxygens (including phenoxy) is 3. The van der Waals surface area contributed by atoms with Crippen molar-refractivity contribution in [1.82, 2.24) is 0 Å². The van der Waals surface area contributed by atoms with E-state index >= 15 is 0 Å². The number of hydrogen-bond donors (Lipinski definition) is 3. The van der Waals surface area contributed by atoms with Crippen LogP contribution in [0.4, 0.5) is 0 Å². The maximum atomic E-state index is 13.9. The minimum absolute atomic E-state index is 0.00413. The maximum absolute atomic E-state index is 13.9. The quantitative estimate of drug-likeness (QED) is 0.446. The monoisotopic (exact) mass is 434 g/mol. The Morgan fingerprint density at radius 1 is 1.19 bits per heavy atom. The van der Waals surface area contributed by atoms with E-state index in [1.165, 1.54) is 13.8 Å². The van der Waals surface area contributed by atoms with E-state index in [1.54, 1.807) is 0 Å². The van der Waals surface area contributed by atoms with Crippen LogP contribution in [-0.2, 0) is 19.0 Å². The first-order valence-electron chi connectivity index (χ1n) is 11.6. The molecule has 1 unspecified atom stereocenters. The second-order valence-electron chi connectivity index (χ2n) is 12.0. The van der Waals surface area contributed by atoms with Crippen molar-refractivity contribution in [2.45, 2.75) is 82.9 Å². The number of ketones is 1. The fourth-order valence-corrected chi connectivity index (χ4v) is 9.20. The molecule has 172 valence electrons. The molecule has 0 aromatic carbocycles. The van der Waals surface area contributed by atoms with Crippen LogP contribution in [0.5, 0.6) is 0 Å². The first-order chi connectivity index (χ1) is 14.3. The zero-order valence-electron chi connectivity index (χ0n) is 18.9. The molecule has 0 amide bonds. The van der Waals surface area contributed by atoms with Gasteiger partial charge in [-0.05, 0) is 45.4 Å². The molecule has 7 fully saturated rings. The summed E-state index contributed by atoms with van der Waals surface area (Å²) in [6.45, 7) is 13.1. The third-order valence-electron chi connectivity index (χ3n) is 9.93. The van der Waals surface area contributed by atoms with E-state index in [9.17, 15) is 20.1 Å². The number of allylic oxidation sites excluding steroid dienone is 1. The number of aliphatic hydroxyl groups is 3. The summed E-state index contributed by atoms with van der Waals surface area (Å²) in [7, 11) is 0. The number of rotatable bonds is 2. The largest absolute Gasteiger partial charge is 0.390 e. The van der Waals surface area contributed by atoms with Crippen LogP contribution in [0.2, 0.25) is 0 Å². The molecule has 3 heterocycles. The van der Waals surface area contributed by atoms with Gasteiger partial charge in [0.1, 0.15) is 11.7 Å². The third-order valence-corrected chi connectivity index (χ3v) is 9.93. The molecule has 31 heavy (non-hydrogen) atoms. The van der Waals surface area contributed by atoms with Crippen LogP contribution in [-0.4, -0.2) is 63.2 Å². The number of Topliss-reactive ketones (excluding diaryl/α,β-unsaturated/α-hetero) is 1. The summed E-state index contributed by atoms with van der Waals surface area (Å²) >= 11 is 0. The SMILES string of the molecule is C=C1C2C(=O)[C@]34[C@H]2[C@H]1CC[C@H]3[C@@]12CO[C@]4(OC(C)(C)O)[C@@H](O)[C@@H]1C(C)(C)[C@@H](O)[C@@H](C)O2. The van der Waals surface area contributed by atoms with Crippen LogP contribution >= 0.6 is 0 Å². The van der Waals surface area contributed by atoms with Crippen LogP contribution in [0.15, 0.2) is 12.2 Å². The molecule has 7 nitrogen and oxygen atoms in total. The molecule has 7 rings (SSSR count). The van der Waals surface area contributed by atoms with Crippen LogP contribution in [0.1, 0.15) is 47.5 Å². The smallest absolute Gasteiger partial charge is 0.211 e. The molecule has 3 saturated heterocycles. The summed E-state index contributed by atoms with van der Waals surface area (Å²) in [5.74, 6) is -4.06. The van der Waals surface area contributed by atoms with Crippen LogP contribution in [0.25, 0.3) is 0 Å². The maximum Gasteiger partial charge on any atom is 0.211 e. The zero-order chi connectivity index (χ0) is 22.5. The van der Waals surface area contributed by atoms with E-state index in [0.717, 1.165) is 18.4 Å². The van der Waals surface area contributed by atoms with E-state index in [2.05, 4.69) is 6.58 Å². The van der Waals surface area contributed by atoms with Gasteiger partial charge < -0.3 is 29.5 Å². The number of carbonyl (C=O) groups is 1. The average molecular weight is 435 g/mol. The standard InChI is InChI=1S/C24H34O7/c1-10-12-7-8-13-22-9-29-24(31-21(5,6)28,23(13)15(12)14(10)18(23)26)19(27)16(22)20(3,4)17(25)11(2)30-22/h11-17,19,25,27-28H,1,7-9H2,2-6H3/t11-,12+,13+,14?,15+,16-,17+,19+,22+,23-,24+/m1/s1. The van der Waals surface area contributed by atoms with Gasteiger partial charge in [0, 0.05) is 23.2 Å². The Hall–Kier alpha value is -0.830. The van der Waals surface area contributed by atoms with Crippen molar-refractivity contribution in [3.8, 4) is 0 Å². The van der Waals surface area contributed by atoms with E-state index < -0.39 is 52.2 Å². The first-order valence-corrected chi connectivity index (χ1v) is 11.6. The topological polar surface area (TPSA) is 105 Å². The zero-order valence-corrected chi connectivity index (χ0v) is 18.9. The predicted octanol–water partition coefficient (Wildman–Crippen LogP) is 1.39. The van der Waals surface area contributed by atoms with Gasteiger partial charge in [-0.1, -0.05) is 26.0 Å². The van der Waals surface area contributed by atoms with Crippen molar-refractivity contribution in [1.29, 1.82) is 0 Å². The molecule has 3 N–H and O–H groups in total. The van der Waals surface area contributed by atoms with Gasteiger partial charge in [0.25, 0.3) is 0 Å². The highest BCUT2D eigenvalue weighted by Gasteiger charge is 2.92. The van der Waals surface area contributed by atoms with Gasteiger partial charge in [-0.15, -0.1) is 0 Å². The Balaban J connectivity index is 1.60. The molecule has 4 aliphatic carbocycles. The molecule has 7 aliphatic rings. The van der Waals surface area contributed by atoms with Crippen molar-refractivity contribution in [2.75, 3.05) is 6.61 Å². The van der Waals surface area contributed by atoms with E-state index in [4.69, 9.17) is 14.2 Å². The summed E-state index contributed by atoms with van der Waals surface area (Å²) in [6, 6.07) is 0. The predicted molar refractivity (Wildman–Crippen MR) is 108 cm³/mol. The van der Waals surface area contributed by atoms with E-state index in [0.29, 0.717) is 0 Å².